The zero-order valence-electron chi connectivity index (χ0n) is 12.6. The average Bonchev–Trinajstić information content (AvgIpc) is 3.25. The topological polar surface area (TPSA) is 77.2 Å². The molecule has 3 rings (SSSR count). The Bertz CT molecular complexity index is 787. The predicted molar refractivity (Wildman–Crippen MR) is 91.3 cm³/mol. The van der Waals surface area contributed by atoms with Gasteiger partial charge in [0.15, 0.2) is 6.61 Å². The molecule has 0 aliphatic carbocycles. The van der Waals surface area contributed by atoms with Crippen LogP contribution >= 0.6 is 22.9 Å². The van der Waals surface area contributed by atoms with E-state index < -0.39 is 0 Å². The number of hydrogen-bond donors (Lipinski definition) is 1. The van der Waals surface area contributed by atoms with Crippen LogP contribution in [-0.2, 0) is 11.2 Å². The van der Waals surface area contributed by atoms with Gasteiger partial charge in [-0.15, -0.1) is 21.5 Å². The number of carbonyl (C=O) groups excluding carboxylic acids is 1. The number of nitrogens with one attached hydrogen (secondary N) is 1. The first-order valence-electron chi connectivity index (χ1n) is 7.22. The monoisotopic (exact) mass is 363 g/mol. The first kappa shape index (κ1) is 16.5. The number of rotatable bonds is 7. The highest BCUT2D eigenvalue weighted by Crippen LogP contribution is 2.22. The van der Waals surface area contributed by atoms with Crippen LogP contribution in [0.15, 0.2) is 46.2 Å². The minimum atomic E-state index is -0.219. The molecular formula is C16H14ClN3O3S. The predicted octanol–water partition coefficient (Wildman–Crippen LogP) is 3.19. The fourth-order valence-corrected chi connectivity index (χ4v) is 2.66. The van der Waals surface area contributed by atoms with Crippen molar-refractivity contribution in [2.75, 3.05) is 13.2 Å². The molecule has 0 saturated heterocycles. The Balaban J connectivity index is 1.40. The van der Waals surface area contributed by atoms with Gasteiger partial charge < -0.3 is 14.5 Å². The van der Waals surface area contributed by atoms with Crippen LogP contribution in [0.5, 0.6) is 5.75 Å². The largest absolute Gasteiger partial charge is 0.484 e. The van der Waals surface area contributed by atoms with Crippen molar-refractivity contribution in [1.29, 1.82) is 0 Å². The Hall–Kier alpha value is -2.38. The zero-order valence-corrected chi connectivity index (χ0v) is 14.1. The van der Waals surface area contributed by atoms with Crippen LogP contribution in [0.2, 0.25) is 5.02 Å². The van der Waals surface area contributed by atoms with E-state index in [1.807, 2.05) is 17.5 Å². The summed E-state index contributed by atoms with van der Waals surface area (Å²) in [5.41, 5.74) is 0. The molecule has 1 N–H and O–H groups in total. The summed E-state index contributed by atoms with van der Waals surface area (Å²) < 4.78 is 10.9. The van der Waals surface area contributed by atoms with Crippen molar-refractivity contribution in [2.24, 2.45) is 0 Å². The number of carbonyl (C=O) groups is 1. The number of halogens is 1. The van der Waals surface area contributed by atoms with Gasteiger partial charge in [-0.25, -0.2) is 0 Å². The summed E-state index contributed by atoms with van der Waals surface area (Å²) in [6.45, 7) is 0.334. The van der Waals surface area contributed by atoms with Gasteiger partial charge in [-0.05, 0) is 35.7 Å². The first-order chi connectivity index (χ1) is 11.7. The van der Waals surface area contributed by atoms with Gasteiger partial charge in [0, 0.05) is 18.0 Å². The lowest BCUT2D eigenvalue weighted by Gasteiger charge is -2.06. The minimum Gasteiger partial charge on any atom is -0.484 e. The van der Waals surface area contributed by atoms with Crippen LogP contribution in [0, 0.1) is 0 Å². The minimum absolute atomic E-state index is 0.0636. The third-order valence-corrected chi connectivity index (χ3v) is 4.15. The Morgan fingerprint density at radius 2 is 2.08 bits per heavy atom. The normalized spacial score (nSPS) is 10.5. The van der Waals surface area contributed by atoms with E-state index in [1.54, 1.807) is 24.3 Å². The molecule has 124 valence electrons. The van der Waals surface area contributed by atoms with E-state index in [0.717, 1.165) is 4.88 Å². The molecule has 1 aromatic carbocycles. The number of aromatic nitrogens is 2. The molecule has 0 spiro atoms. The van der Waals surface area contributed by atoms with Crippen molar-refractivity contribution < 1.29 is 13.9 Å². The van der Waals surface area contributed by atoms with Crippen LogP contribution in [0.4, 0.5) is 0 Å². The van der Waals surface area contributed by atoms with Gasteiger partial charge in [-0.2, -0.15) is 0 Å². The number of benzene rings is 1. The summed E-state index contributed by atoms with van der Waals surface area (Å²) in [6, 6.07) is 10.7. The molecule has 1 amide bonds. The fraction of sp³-hybridized carbons (Fsp3) is 0.188. The summed E-state index contributed by atoms with van der Waals surface area (Å²) in [5, 5.41) is 13.3. The highest BCUT2D eigenvalue weighted by Gasteiger charge is 2.10. The van der Waals surface area contributed by atoms with Crippen molar-refractivity contribution in [3.05, 3.63) is 52.7 Å². The van der Waals surface area contributed by atoms with Gasteiger partial charge in [0.1, 0.15) is 5.75 Å². The molecule has 0 bridgehead atoms. The number of ether oxygens (including phenoxy) is 1. The van der Waals surface area contributed by atoms with Gasteiger partial charge in [-0.1, -0.05) is 17.7 Å². The molecule has 6 nitrogen and oxygen atoms in total. The highest BCUT2D eigenvalue weighted by molar-refractivity contribution is 7.13. The lowest BCUT2D eigenvalue weighted by atomic mass is 10.3. The van der Waals surface area contributed by atoms with E-state index in [2.05, 4.69) is 15.5 Å². The fourth-order valence-electron chi connectivity index (χ4n) is 1.89. The van der Waals surface area contributed by atoms with Crippen LogP contribution < -0.4 is 10.1 Å². The Morgan fingerprint density at radius 3 is 2.83 bits per heavy atom. The van der Waals surface area contributed by atoms with E-state index in [9.17, 15) is 4.79 Å². The van der Waals surface area contributed by atoms with Gasteiger partial charge in [0.05, 0.1) is 4.88 Å². The quantitative estimate of drug-likeness (QED) is 0.697. The molecule has 3 aromatic rings. The summed E-state index contributed by atoms with van der Waals surface area (Å²) in [5.74, 6) is 1.35. The molecular weight excluding hydrogens is 350 g/mol. The van der Waals surface area contributed by atoms with Crippen molar-refractivity contribution in [1.82, 2.24) is 15.5 Å². The molecule has 24 heavy (non-hydrogen) atoms. The maximum absolute atomic E-state index is 11.7. The average molecular weight is 364 g/mol. The molecule has 2 aromatic heterocycles. The third kappa shape index (κ3) is 4.56. The number of nitrogens with zero attached hydrogens (tertiary/aromatic N) is 2. The van der Waals surface area contributed by atoms with Crippen molar-refractivity contribution in [3.63, 3.8) is 0 Å². The van der Waals surface area contributed by atoms with Crippen LogP contribution in [-0.4, -0.2) is 29.3 Å². The van der Waals surface area contributed by atoms with Crippen LogP contribution in [0.1, 0.15) is 5.89 Å². The second-order valence-electron chi connectivity index (χ2n) is 4.82. The van der Waals surface area contributed by atoms with E-state index in [-0.39, 0.29) is 12.5 Å². The molecule has 0 aliphatic rings. The molecule has 8 heteroatoms. The second kappa shape index (κ2) is 7.94. The summed E-state index contributed by atoms with van der Waals surface area (Å²) in [4.78, 5) is 12.7. The van der Waals surface area contributed by atoms with Gasteiger partial charge in [0.2, 0.25) is 5.89 Å². The van der Waals surface area contributed by atoms with E-state index in [0.29, 0.717) is 35.5 Å². The first-order valence-corrected chi connectivity index (χ1v) is 8.48. The molecule has 0 unspecified atom stereocenters. The Morgan fingerprint density at radius 1 is 1.25 bits per heavy atom. The standard InChI is InChI=1S/C16H14ClN3O3S/c17-11-3-5-12(6-4-11)22-10-14(21)18-8-7-15-19-20-16(23-15)13-2-1-9-24-13/h1-6,9H,7-8,10H2,(H,18,21). The molecule has 0 saturated carbocycles. The second-order valence-corrected chi connectivity index (χ2v) is 6.20. The lowest BCUT2D eigenvalue weighted by Crippen LogP contribution is -2.30. The molecule has 0 atom stereocenters. The third-order valence-electron chi connectivity index (χ3n) is 3.04. The highest BCUT2D eigenvalue weighted by atomic mass is 35.5. The molecule has 0 fully saturated rings. The smallest absolute Gasteiger partial charge is 0.257 e. The summed E-state index contributed by atoms with van der Waals surface area (Å²) in [7, 11) is 0. The van der Waals surface area contributed by atoms with E-state index in [4.69, 9.17) is 20.8 Å². The number of hydrogen-bond acceptors (Lipinski definition) is 6. The number of thiophene rings is 1. The molecule has 0 aliphatic heterocycles. The zero-order chi connectivity index (χ0) is 16.8. The van der Waals surface area contributed by atoms with E-state index in [1.165, 1.54) is 11.3 Å². The van der Waals surface area contributed by atoms with Crippen molar-refractivity contribution in [3.8, 4) is 16.5 Å². The Kier molecular flexibility index (Phi) is 5.45. The van der Waals surface area contributed by atoms with Gasteiger partial charge in [-0.3, -0.25) is 4.79 Å². The van der Waals surface area contributed by atoms with Crippen LogP contribution in [0.3, 0.4) is 0 Å². The van der Waals surface area contributed by atoms with Gasteiger partial charge in [0.25, 0.3) is 11.8 Å². The van der Waals surface area contributed by atoms with Crippen LogP contribution in [0.25, 0.3) is 10.8 Å². The lowest BCUT2D eigenvalue weighted by molar-refractivity contribution is -0.123. The van der Waals surface area contributed by atoms with Crippen molar-refractivity contribution >= 4 is 28.8 Å². The molecule has 2 heterocycles. The summed E-state index contributed by atoms with van der Waals surface area (Å²) >= 11 is 7.31. The molecule has 0 radical (unpaired) electrons. The number of amides is 1. The summed E-state index contributed by atoms with van der Waals surface area (Å²) in [6.07, 6.45) is 0.463. The van der Waals surface area contributed by atoms with Crippen molar-refractivity contribution in [2.45, 2.75) is 6.42 Å². The van der Waals surface area contributed by atoms with Gasteiger partial charge >= 0.3 is 0 Å². The van der Waals surface area contributed by atoms with E-state index >= 15 is 0 Å². The maximum atomic E-state index is 11.7. The maximum Gasteiger partial charge on any atom is 0.257 e. The SMILES string of the molecule is O=C(COc1ccc(Cl)cc1)NCCc1nnc(-c2cccs2)o1. The Labute approximate surface area is 147 Å².